The lowest BCUT2D eigenvalue weighted by atomic mass is 9.87. The Bertz CT molecular complexity index is 399. The quantitative estimate of drug-likeness (QED) is 0.625. The van der Waals surface area contributed by atoms with Crippen molar-refractivity contribution < 1.29 is 0 Å². The monoisotopic (exact) mass is 198 g/mol. The first-order valence-corrected chi connectivity index (χ1v) is 5.54. The van der Waals surface area contributed by atoms with Gasteiger partial charge in [-0.2, -0.15) is 0 Å². The molecule has 0 heterocycles. The molecule has 0 atom stereocenters. The zero-order valence-electron chi connectivity index (χ0n) is 9.75. The molecule has 0 saturated carbocycles. The van der Waals surface area contributed by atoms with E-state index in [1.54, 1.807) is 0 Å². The number of benzene rings is 1. The van der Waals surface area contributed by atoms with Crippen LogP contribution in [-0.2, 0) is 0 Å². The van der Waals surface area contributed by atoms with Crippen molar-refractivity contribution in [2.24, 2.45) is 5.41 Å². The first kappa shape index (κ1) is 10.2. The lowest BCUT2D eigenvalue weighted by molar-refractivity contribution is 0.518. The van der Waals surface area contributed by atoms with Crippen molar-refractivity contribution in [3.63, 3.8) is 0 Å². The summed E-state index contributed by atoms with van der Waals surface area (Å²) in [5.41, 5.74) is 4.53. The molecular weight excluding hydrogens is 180 g/mol. The lowest BCUT2D eigenvalue weighted by Crippen LogP contribution is -2.05. The van der Waals surface area contributed by atoms with E-state index in [-0.39, 0.29) is 5.41 Å². The van der Waals surface area contributed by atoms with Crippen LogP contribution >= 0.6 is 0 Å². The Labute approximate surface area is 92.3 Å². The van der Waals surface area contributed by atoms with Gasteiger partial charge < -0.3 is 0 Å². The standard InChI is InChI=1S/C15H18/c1-15(2,3)14-10-9-13(11-14)12-7-5-4-6-8-12/h4-8,10-11H,9H2,1-3H3. The van der Waals surface area contributed by atoms with Gasteiger partial charge in [0, 0.05) is 0 Å². The number of rotatable bonds is 1. The molecule has 0 amide bonds. The third-order valence-corrected chi connectivity index (χ3v) is 2.88. The average molecular weight is 198 g/mol. The van der Waals surface area contributed by atoms with Crippen LogP contribution in [-0.4, -0.2) is 0 Å². The highest BCUT2D eigenvalue weighted by Gasteiger charge is 2.19. The molecule has 0 N–H and O–H groups in total. The van der Waals surface area contributed by atoms with Crippen LogP contribution in [0.25, 0.3) is 5.57 Å². The Morgan fingerprint density at radius 2 is 1.67 bits per heavy atom. The van der Waals surface area contributed by atoms with Crippen LogP contribution in [0.1, 0.15) is 32.8 Å². The Hall–Kier alpha value is -1.30. The Morgan fingerprint density at radius 1 is 1.00 bits per heavy atom. The summed E-state index contributed by atoms with van der Waals surface area (Å²) in [7, 11) is 0. The van der Waals surface area contributed by atoms with E-state index in [9.17, 15) is 0 Å². The fourth-order valence-electron chi connectivity index (χ4n) is 1.90. The van der Waals surface area contributed by atoms with Crippen LogP contribution in [0.2, 0.25) is 0 Å². The molecule has 78 valence electrons. The second-order valence-electron chi connectivity index (χ2n) is 5.15. The molecule has 0 bridgehead atoms. The summed E-state index contributed by atoms with van der Waals surface area (Å²) in [5, 5.41) is 0. The maximum absolute atomic E-state index is 2.35. The number of hydrogen-bond acceptors (Lipinski definition) is 0. The van der Waals surface area contributed by atoms with Crippen molar-refractivity contribution in [2.45, 2.75) is 27.2 Å². The molecule has 1 aromatic rings. The molecule has 0 aliphatic heterocycles. The van der Waals surface area contributed by atoms with Crippen molar-refractivity contribution >= 4 is 5.57 Å². The van der Waals surface area contributed by atoms with Gasteiger partial charge in [-0.05, 0) is 28.5 Å². The summed E-state index contributed by atoms with van der Waals surface area (Å²) in [4.78, 5) is 0. The van der Waals surface area contributed by atoms with E-state index in [1.807, 2.05) is 0 Å². The third kappa shape index (κ3) is 2.20. The molecular formula is C15H18. The maximum atomic E-state index is 2.35. The van der Waals surface area contributed by atoms with Crippen molar-refractivity contribution in [3.8, 4) is 0 Å². The zero-order chi connectivity index (χ0) is 10.9. The second kappa shape index (κ2) is 3.69. The smallest absolute Gasteiger partial charge is 0.00854 e. The van der Waals surface area contributed by atoms with E-state index in [1.165, 1.54) is 16.7 Å². The Balaban J connectivity index is 2.25. The van der Waals surface area contributed by atoms with Crippen LogP contribution in [0.15, 0.2) is 48.1 Å². The molecule has 2 rings (SSSR count). The highest BCUT2D eigenvalue weighted by molar-refractivity contribution is 5.73. The van der Waals surface area contributed by atoms with Gasteiger partial charge in [-0.3, -0.25) is 0 Å². The molecule has 1 aliphatic rings. The van der Waals surface area contributed by atoms with Gasteiger partial charge in [0.05, 0.1) is 0 Å². The predicted molar refractivity (Wildman–Crippen MR) is 66.6 cm³/mol. The minimum Gasteiger partial charge on any atom is -0.0763 e. The molecule has 0 heteroatoms. The fraction of sp³-hybridized carbons (Fsp3) is 0.333. The minimum absolute atomic E-state index is 0.274. The van der Waals surface area contributed by atoms with Crippen LogP contribution in [0.4, 0.5) is 0 Å². The van der Waals surface area contributed by atoms with E-state index in [0.717, 1.165) is 6.42 Å². The van der Waals surface area contributed by atoms with E-state index in [2.05, 4.69) is 63.3 Å². The van der Waals surface area contributed by atoms with Crippen LogP contribution in [0.3, 0.4) is 0 Å². The first-order chi connectivity index (χ1) is 7.07. The summed E-state index contributed by atoms with van der Waals surface area (Å²) in [6.45, 7) is 6.80. The molecule has 1 aliphatic carbocycles. The van der Waals surface area contributed by atoms with Crippen LogP contribution in [0.5, 0.6) is 0 Å². The Morgan fingerprint density at radius 3 is 2.20 bits per heavy atom. The van der Waals surface area contributed by atoms with E-state index in [0.29, 0.717) is 0 Å². The molecule has 0 spiro atoms. The summed E-state index contributed by atoms with van der Waals surface area (Å²) < 4.78 is 0. The Kier molecular flexibility index (Phi) is 2.52. The average Bonchev–Trinajstić information content (AvgIpc) is 2.67. The molecule has 15 heavy (non-hydrogen) atoms. The molecule has 0 unspecified atom stereocenters. The van der Waals surface area contributed by atoms with Crippen molar-refractivity contribution in [2.75, 3.05) is 0 Å². The van der Waals surface area contributed by atoms with Gasteiger partial charge in [0.25, 0.3) is 0 Å². The molecule has 0 saturated heterocycles. The highest BCUT2D eigenvalue weighted by Crippen LogP contribution is 2.35. The van der Waals surface area contributed by atoms with Crippen molar-refractivity contribution in [1.29, 1.82) is 0 Å². The van der Waals surface area contributed by atoms with Gasteiger partial charge in [0.1, 0.15) is 0 Å². The van der Waals surface area contributed by atoms with E-state index >= 15 is 0 Å². The largest absolute Gasteiger partial charge is 0.0763 e. The van der Waals surface area contributed by atoms with Gasteiger partial charge in [-0.15, -0.1) is 0 Å². The van der Waals surface area contributed by atoms with Gasteiger partial charge in [0.15, 0.2) is 0 Å². The minimum atomic E-state index is 0.274. The van der Waals surface area contributed by atoms with E-state index in [4.69, 9.17) is 0 Å². The van der Waals surface area contributed by atoms with Crippen molar-refractivity contribution in [3.05, 3.63) is 53.6 Å². The van der Waals surface area contributed by atoms with Gasteiger partial charge in [-0.1, -0.05) is 63.3 Å². The first-order valence-electron chi connectivity index (χ1n) is 5.54. The molecule has 0 nitrogen and oxygen atoms in total. The summed E-state index contributed by atoms with van der Waals surface area (Å²) in [5.74, 6) is 0. The van der Waals surface area contributed by atoms with Crippen molar-refractivity contribution in [1.82, 2.24) is 0 Å². The van der Waals surface area contributed by atoms with Gasteiger partial charge >= 0.3 is 0 Å². The third-order valence-electron chi connectivity index (χ3n) is 2.88. The molecule has 1 aromatic carbocycles. The van der Waals surface area contributed by atoms with E-state index < -0.39 is 0 Å². The molecule has 0 radical (unpaired) electrons. The van der Waals surface area contributed by atoms with Crippen LogP contribution in [0, 0.1) is 5.41 Å². The SMILES string of the molecule is CC(C)(C)C1=CCC(c2ccccc2)=C1. The van der Waals surface area contributed by atoms with Gasteiger partial charge in [-0.25, -0.2) is 0 Å². The molecule has 0 fully saturated rings. The molecule has 0 aromatic heterocycles. The zero-order valence-corrected chi connectivity index (χ0v) is 9.75. The maximum Gasteiger partial charge on any atom is -0.00854 e. The van der Waals surface area contributed by atoms with Gasteiger partial charge in [0.2, 0.25) is 0 Å². The summed E-state index contributed by atoms with van der Waals surface area (Å²) in [6, 6.07) is 10.6. The highest BCUT2D eigenvalue weighted by atomic mass is 14.2. The summed E-state index contributed by atoms with van der Waals surface area (Å²) in [6.07, 6.45) is 5.77. The normalized spacial score (nSPS) is 16.2. The topological polar surface area (TPSA) is 0 Å². The summed E-state index contributed by atoms with van der Waals surface area (Å²) >= 11 is 0. The van der Waals surface area contributed by atoms with Crippen LogP contribution < -0.4 is 0 Å². The lowest BCUT2D eigenvalue weighted by Gasteiger charge is -2.18. The second-order valence-corrected chi connectivity index (χ2v) is 5.15. The fourth-order valence-corrected chi connectivity index (χ4v) is 1.90. The number of hydrogen-bond donors (Lipinski definition) is 0. The number of allylic oxidation sites excluding steroid dienone is 4. The predicted octanol–water partition coefficient (Wildman–Crippen LogP) is 4.45.